The number of rotatable bonds is 0. The Bertz CT molecular complexity index is 591. The number of hydrogen-bond acceptors (Lipinski definition) is 1. The molecule has 0 spiro atoms. The summed E-state index contributed by atoms with van der Waals surface area (Å²) in [6.45, 7) is 4.15. The second-order valence-electron chi connectivity index (χ2n) is 4.62. The Morgan fingerprint density at radius 3 is 2.82 bits per heavy atom. The van der Waals surface area contributed by atoms with Crippen LogP contribution in [0.25, 0.3) is 10.9 Å². The van der Waals surface area contributed by atoms with E-state index in [0.29, 0.717) is 10.0 Å². The van der Waals surface area contributed by atoms with E-state index < -0.39 is 0 Å². The molecule has 2 heterocycles. The number of hydrogen-bond donors (Lipinski definition) is 1. The summed E-state index contributed by atoms with van der Waals surface area (Å²) in [6.07, 6.45) is 1.21. The zero-order valence-electron chi connectivity index (χ0n) is 9.68. The number of fused-ring (bicyclic) bond motifs is 3. The lowest BCUT2D eigenvalue weighted by Crippen LogP contribution is -2.21. The molecule has 1 aromatic heterocycles. The standard InChI is InChI=1S/C13H13Cl2NO/c1-6-3-11-12(7(2)17-6)9-4-8(14)5-10(15)13(9)16-11/h4-7,16H,3H2,1-2H3. The maximum Gasteiger partial charge on any atom is 0.0824 e. The molecule has 1 aliphatic heterocycles. The normalized spacial score (nSPS) is 24.0. The van der Waals surface area contributed by atoms with Crippen LogP contribution in [-0.4, -0.2) is 11.1 Å². The van der Waals surface area contributed by atoms with Crippen LogP contribution >= 0.6 is 23.2 Å². The minimum atomic E-state index is 0.0806. The number of ether oxygens (including phenoxy) is 1. The molecule has 0 bridgehead atoms. The van der Waals surface area contributed by atoms with Gasteiger partial charge in [0.2, 0.25) is 0 Å². The van der Waals surface area contributed by atoms with Gasteiger partial charge in [0.1, 0.15) is 0 Å². The van der Waals surface area contributed by atoms with E-state index >= 15 is 0 Å². The summed E-state index contributed by atoms with van der Waals surface area (Å²) in [5.74, 6) is 0. The van der Waals surface area contributed by atoms with Crippen LogP contribution in [-0.2, 0) is 11.2 Å². The smallest absolute Gasteiger partial charge is 0.0824 e. The average molecular weight is 270 g/mol. The maximum absolute atomic E-state index is 6.21. The topological polar surface area (TPSA) is 25.0 Å². The Morgan fingerprint density at radius 2 is 2.06 bits per heavy atom. The average Bonchev–Trinajstić information content (AvgIpc) is 2.56. The van der Waals surface area contributed by atoms with Crippen molar-refractivity contribution < 1.29 is 4.74 Å². The van der Waals surface area contributed by atoms with Crippen molar-refractivity contribution in [2.24, 2.45) is 0 Å². The Balaban J connectivity index is 2.32. The number of benzene rings is 1. The van der Waals surface area contributed by atoms with Gasteiger partial charge in [0.05, 0.1) is 22.7 Å². The highest BCUT2D eigenvalue weighted by Gasteiger charge is 2.26. The molecule has 2 nitrogen and oxygen atoms in total. The molecule has 0 saturated carbocycles. The minimum Gasteiger partial charge on any atom is -0.370 e. The molecular formula is C13H13Cl2NO. The van der Waals surface area contributed by atoms with Crippen LogP contribution in [0.15, 0.2) is 12.1 Å². The first-order chi connectivity index (χ1) is 8.06. The Hall–Kier alpha value is -0.700. The zero-order chi connectivity index (χ0) is 12.2. The predicted molar refractivity (Wildman–Crippen MR) is 71.0 cm³/mol. The first-order valence-corrected chi connectivity index (χ1v) is 6.47. The summed E-state index contributed by atoms with van der Waals surface area (Å²) in [5, 5.41) is 2.41. The highest BCUT2D eigenvalue weighted by molar-refractivity contribution is 6.38. The third-order valence-electron chi connectivity index (χ3n) is 3.28. The van der Waals surface area contributed by atoms with E-state index in [1.54, 1.807) is 6.07 Å². The quantitative estimate of drug-likeness (QED) is 0.749. The fourth-order valence-corrected chi connectivity index (χ4v) is 3.21. The number of nitrogens with one attached hydrogen (secondary N) is 1. The summed E-state index contributed by atoms with van der Waals surface area (Å²) < 4.78 is 5.85. The first kappa shape index (κ1) is 11.4. The molecule has 3 rings (SSSR count). The molecule has 17 heavy (non-hydrogen) atoms. The van der Waals surface area contributed by atoms with Gasteiger partial charge < -0.3 is 9.72 Å². The van der Waals surface area contributed by atoms with E-state index in [1.807, 2.05) is 6.07 Å². The molecule has 1 aliphatic rings. The molecule has 0 amide bonds. The van der Waals surface area contributed by atoms with Crippen molar-refractivity contribution in [1.82, 2.24) is 4.98 Å². The fourth-order valence-electron chi connectivity index (χ4n) is 2.67. The second kappa shape index (κ2) is 3.91. The van der Waals surface area contributed by atoms with E-state index in [2.05, 4.69) is 18.8 Å². The molecule has 90 valence electrons. The highest BCUT2D eigenvalue weighted by Crippen LogP contribution is 2.39. The van der Waals surface area contributed by atoms with E-state index in [-0.39, 0.29) is 12.2 Å². The van der Waals surface area contributed by atoms with Gasteiger partial charge in [0.15, 0.2) is 0 Å². The fraction of sp³-hybridized carbons (Fsp3) is 0.385. The molecule has 2 unspecified atom stereocenters. The Labute approximate surface area is 110 Å². The van der Waals surface area contributed by atoms with Crippen LogP contribution in [0, 0.1) is 0 Å². The van der Waals surface area contributed by atoms with Crippen molar-refractivity contribution in [3.63, 3.8) is 0 Å². The summed E-state index contributed by atoms with van der Waals surface area (Å²) in [7, 11) is 0. The summed E-state index contributed by atoms with van der Waals surface area (Å²) in [5.41, 5.74) is 3.38. The van der Waals surface area contributed by atoms with Gasteiger partial charge >= 0.3 is 0 Å². The van der Waals surface area contributed by atoms with Crippen molar-refractivity contribution in [2.45, 2.75) is 32.5 Å². The molecule has 1 aromatic carbocycles. The largest absolute Gasteiger partial charge is 0.370 e. The van der Waals surface area contributed by atoms with Gasteiger partial charge in [-0.2, -0.15) is 0 Å². The maximum atomic E-state index is 6.21. The van der Waals surface area contributed by atoms with Gasteiger partial charge in [-0.3, -0.25) is 0 Å². The van der Waals surface area contributed by atoms with Crippen LogP contribution in [0.3, 0.4) is 0 Å². The van der Waals surface area contributed by atoms with Crippen LogP contribution in [0.5, 0.6) is 0 Å². The van der Waals surface area contributed by atoms with E-state index in [0.717, 1.165) is 17.3 Å². The molecule has 0 radical (unpaired) electrons. The van der Waals surface area contributed by atoms with Crippen LogP contribution in [0.1, 0.15) is 31.2 Å². The molecule has 4 heteroatoms. The Morgan fingerprint density at radius 1 is 1.29 bits per heavy atom. The Kier molecular flexibility index (Phi) is 2.62. The van der Waals surface area contributed by atoms with Crippen LogP contribution < -0.4 is 0 Å². The minimum absolute atomic E-state index is 0.0806. The molecule has 2 aromatic rings. The first-order valence-electron chi connectivity index (χ1n) is 5.71. The molecule has 2 atom stereocenters. The van der Waals surface area contributed by atoms with Gasteiger partial charge in [-0.05, 0) is 26.0 Å². The van der Waals surface area contributed by atoms with Crippen molar-refractivity contribution >= 4 is 34.1 Å². The third-order valence-corrected chi connectivity index (χ3v) is 3.80. The molecule has 0 aliphatic carbocycles. The lowest BCUT2D eigenvalue weighted by molar-refractivity contribution is -0.00436. The van der Waals surface area contributed by atoms with Crippen molar-refractivity contribution in [2.75, 3.05) is 0 Å². The molecule has 0 fully saturated rings. The molecule has 0 saturated heterocycles. The summed E-state index contributed by atoms with van der Waals surface area (Å²) >= 11 is 12.3. The van der Waals surface area contributed by atoms with E-state index in [4.69, 9.17) is 27.9 Å². The lowest BCUT2D eigenvalue weighted by atomic mass is 10.00. The van der Waals surface area contributed by atoms with E-state index in [9.17, 15) is 0 Å². The van der Waals surface area contributed by atoms with Crippen LogP contribution in [0.2, 0.25) is 10.0 Å². The van der Waals surface area contributed by atoms with Crippen molar-refractivity contribution in [1.29, 1.82) is 0 Å². The van der Waals surface area contributed by atoms with E-state index in [1.165, 1.54) is 11.3 Å². The highest BCUT2D eigenvalue weighted by atomic mass is 35.5. The lowest BCUT2D eigenvalue weighted by Gasteiger charge is -2.25. The number of H-pyrrole nitrogens is 1. The van der Waals surface area contributed by atoms with Gasteiger partial charge in [-0.1, -0.05) is 23.2 Å². The van der Waals surface area contributed by atoms with Gasteiger partial charge in [-0.25, -0.2) is 0 Å². The third kappa shape index (κ3) is 1.75. The number of aromatic nitrogens is 1. The summed E-state index contributed by atoms with van der Waals surface area (Å²) in [6, 6.07) is 3.72. The molecule has 1 N–H and O–H groups in total. The second-order valence-corrected chi connectivity index (χ2v) is 5.46. The van der Waals surface area contributed by atoms with Crippen molar-refractivity contribution in [3.8, 4) is 0 Å². The monoisotopic (exact) mass is 269 g/mol. The van der Waals surface area contributed by atoms with Crippen molar-refractivity contribution in [3.05, 3.63) is 33.4 Å². The molecular weight excluding hydrogens is 257 g/mol. The zero-order valence-corrected chi connectivity index (χ0v) is 11.2. The SMILES string of the molecule is CC1Cc2[nH]c3c(Cl)cc(Cl)cc3c2C(C)O1. The van der Waals surface area contributed by atoms with Gasteiger partial charge in [0.25, 0.3) is 0 Å². The summed E-state index contributed by atoms with van der Waals surface area (Å²) in [4.78, 5) is 3.40. The predicted octanol–water partition coefficient (Wildman–Crippen LogP) is 4.50. The van der Waals surface area contributed by atoms with Gasteiger partial charge in [-0.15, -0.1) is 0 Å². The van der Waals surface area contributed by atoms with Gasteiger partial charge in [0, 0.05) is 28.1 Å². The van der Waals surface area contributed by atoms with Crippen LogP contribution in [0.4, 0.5) is 0 Å². The number of aromatic amines is 1. The number of halogens is 2.